The lowest BCUT2D eigenvalue weighted by Crippen LogP contribution is -2.12. The fourth-order valence-corrected chi connectivity index (χ4v) is 5.52. The van der Waals surface area contributed by atoms with Crippen LogP contribution in [-0.2, 0) is 6.42 Å². The van der Waals surface area contributed by atoms with E-state index in [-0.39, 0.29) is 17.6 Å². The minimum absolute atomic E-state index is 0.131. The lowest BCUT2D eigenvalue weighted by Gasteiger charge is -2.17. The number of benzene rings is 3. The van der Waals surface area contributed by atoms with Gasteiger partial charge in [0.1, 0.15) is 11.6 Å². The number of H-pyrrole nitrogens is 1. The van der Waals surface area contributed by atoms with Gasteiger partial charge >= 0.3 is 0 Å². The number of aryl methyl sites for hydroxylation is 1. The molecule has 4 nitrogen and oxygen atoms in total. The quantitative estimate of drug-likeness (QED) is 0.153. The Labute approximate surface area is 240 Å². The molecule has 41 heavy (non-hydrogen) atoms. The van der Waals surface area contributed by atoms with E-state index in [1.807, 2.05) is 54.2 Å². The summed E-state index contributed by atoms with van der Waals surface area (Å²) in [4.78, 5) is 3.46. The number of nitrogens with zero attached hydrogens (tertiary/aromatic N) is 2. The molecule has 2 aromatic heterocycles. The standard InChI is InChI=1S/C35H36F2N4/c1-5-9-26(14-15-38-6-2)30-20-34-28(18-32(30)37)19-33(40-34)24(4)29-21-39-41(22-29)35-13-12-25(16-23(35)3)17-27-10-7-8-11-31(27)36/h6-8,10-13,16,18-22,26,38,40H,2,4-5,9,14-15,17H2,1,3H3. The maximum atomic E-state index is 15.2. The lowest BCUT2D eigenvalue weighted by molar-refractivity contribution is 0.520. The van der Waals surface area contributed by atoms with Crippen molar-refractivity contribution in [3.63, 3.8) is 0 Å². The van der Waals surface area contributed by atoms with Crippen LogP contribution in [0.4, 0.5) is 8.78 Å². The van der Waals surface area contributed by atoms with Crippen molar-refractivity contribution in [2.24, 2.45) is 0 Å². The molecule has 3 aromatic carbocycles. The van der Waals surface area contributed by atoms with Crippen molar-refractivity contribution in [1.29, 1.82) is 0 Å². The monoisotopic (exact) mass is 550 g/mol. The number of aromatic amines is 1. The van der Waals surface area contributed by atoms with Crippen LogP contribution in [0.15, 0.2) is 92.4 Å². The SMILES string of the molecule is C=CNCCC(CCC)c1cc2[nH]c(C(=C)c3cnn(-c4ccc(Cc5ccccc5F)cc4C)c3)cc2cc1F. The van der Waals surface area contributed by atoms with Gasteiger partial charge in [-0.05, 0) is 84.5 Å². The summed E-state index contributed by atoms with van der Waals surface area (Å²) in [5.41, 5.74) is 7.80. The molecule has 1 atom stereocenters. The summed E-state index contributed by atoms with van der Waals surface area (Å²) < 4.78 is 31.2. The van der Waals surface area contributed by atoms with Gasteiger partial charge in [-0.3, -0.25) is 0 Å². The first-order valence-electron chi connectivity index (χ1n) is 14.1. The van der Waals surface area contributed by atoms with Crippen LogP contribution in [0.5, 0.6) is 0 Å². The molecule has 5 aromatic rings. The van der Waals surface area contributed by atoms with Crippen molar-refractivity contribution in [3.05, 3.63) is 138 Å². The van der Waals surface area contributed by atoms with Gasteiger partial charge in [0.2, 0.25) is 0 Å². The summed E-state index contributed by atoms with van der Waals surface area (Å²) in [6, 6.07) is 18.5. The molecule has 0 spiro atoms. The molecule has 1 unspecified atom stereocenters. The van der Waals surface area contributed by atoms with E-state index < -0.39 is 0 Å². The highest BCUT2D eigenvalue weighted by Gasteiger charge is 2.18. The van der Waals surface area contributed by atoms with Crippen molar-refractivity contribution in [1.82, 2.24) is 20.1 Å². The molecule has 0 aliphatic rings. The molecule has 210 valence electrons. The highest BCUT2D eigenvalue weighted by atomic mass is 19.1. The van der Waals surface area contributed by atoms with Gasteiger partial charge in [-0.2, -0.15) is 5.10 Å². The van der Waals surface area contributed by atoms with E-state index in [1.165, 1.54) is 6.07 Å². The zero-order valence-electron chi connectivity index (χ0n) is 23.7. The van der Waals surface area contributed by atoms with Gasteiger partial charge in [0, 0.05) is 46.9 Å². The smallest absolute Gasteiger partial charge is 0.127 e. The van der Waals surface area contributed by atoms with Crippen LogP contribution < -0.4 is 5.32 Å². The largest absolute Gasteiger partial charge is 0.391 e. The molecule has 0 aliphatic heterocycles. The zero-order chi connectivity index (χ0) is 28.9. The second kappa shape index (κ2) is 12.4. The van der Waals surface area contributed by atoms with Gasteiger partial charge in [-0.25, -0.2) is 13.5 Å². The first kappa shape index (κ1) is 28.1. The van der Waals surface area contributed by atoms with Crippen LogP contribution in [0.1, 0.15) is 65.6 Å². The van der Waals surface area contributed by atoms with E-state index in [1.54, 1.807) is 24.5 Å². The Balaban J connectivity index is 1.36. The number of fused-ring (bicyclic) bond motifs is 1. The van der Waals surface area contributed by atoms with Gasteiger partial charge in [-0.1, -0.05) is 56.8 Å². The Morgan fingerprint density at radius 1 is 1.07 bits per heavy atom. The van der Waals surface area contributed by atoms with Crippen LogP contribution in [0.3, 0.4) is 0 Å². The summed E-state index contributed by atoms with van der Waals surface area (Å²) in [7, 11) is 0. The van der Waals surface area contributed by atoms with E-state index in [9.17, 15) is 4.39 Å². The number of halogens is 2. The Hall–Kier alpha value is -4.45. The van der Waals surface area contributed by atoms with Gasteiger partial charge in [0.25, 0.3) is 0 Å². The van der Waals surface area contributed by atoms with E-state index in [0.717, 1.165) is 75.9 Å². The van der Waals surface area contributed by atoms with Crippen molar-refractivity contribution in [3.8, 4) is 5.69 Å². The predicted molar refractivity (Wildman–Crippen MR) is 164 cm³/mol. The molecular formula is C35H36F2N4. The number of rotatable bonds is 12. The van der Waals surface area contributed by atoms with Gasteiger partial charge < -0.3 is 10.3 Å². The highest BCUT2D eigenvalue weighted by Crippen LogP contribution is 2.32. The van der Waals surface area contributed by atoms with E-state index >= 15 is 4.39 Å². The summed E-state index contributed by atoms with van der Waals surface area (Å²) >= 11 is 0. The van der Waals surface area contributed by atoms with E-state index in [2.05, 4.69) is 41.5 Å². The van der Waals surface area contributed by atoms with Crippen LogP contribution in [0.2, 0.25) is 0 Å². The minimum Gasteiger partial charge on any atom is -0.391 e. The fraction of sp³-hybridized carbons (Fsp3) is 0.229. The average Bonchev–Trinajstić information content (AvgIpc) is 3.61. The van der Waals surface area contributed by atoms with E-state index in [0.29, 0.717) is 12.0 Å². The van der Waals surface area contributed by atoms with Crippen LogP contribution in [0.25, 0.3) is 22.2 Å². The number of hydrogen-bond acceptors (Lipinski definition) is 2. The minimum atomic E-state index is -0.193. The first-order chi connectivity index (χ1) is 19.9. The molecule has 2 heterocycles. The lowest BCUT2D eigenvalue weighted by atomic mass is 9.90. The molecule has 6 heteroatoms. The summed E-state index contributed by atoms with van der Waals surface area (Å²) in [6.45, 7) is 12.9. The van der Waals surface area contributed by atoms with Gasteiger partial charge in [-0.15, -0.1) is 0 Å². The maximum absolute atomic E-state index is 15.2. The molecule has 0 fully saturated rings. The molecule has 2 N–H and O–H groups in total. The summed E-state index contributed by atoms with van der Waals surface area (Å²) in [5.74, 6) is -0.235. The highest BCUT2D eigenvalue weighted by molar-refractivity contribution is 5.88. The van der Waals surface area contributed by atoms with Crippen molar-refractivity contribution in [2.75, 3.05) is 6.54 Å². The van der Waals surface area contributed by atoms with Gasteiger partial charge in [0.15, 0.2) is 0 Å². The Morgan fingerprint density at radius 2 is 1.90 bits per heavy atom. The molecule has 0 bridgehead atoms. The Morgan fingerprint density at radius 3 is 2.66 bits per heavy atom. The van der Waals surface area contributed by atoms with Crippen molar-refractivity contribution in [2.45, 2.75) is 45.4 Å². The second-order valence-electron chi connectivity index (χ2n) is 10.6. The molecule has 0 radical (unpaired) electrons. The third-order valence-corrected chi connectivity index (χ3v) is 7.71. The number of hydrogen-bond donors (Lipinski definition) is 2. The molecular weight excluding hydrogens is 514 g/mol. The van der Waals surface area contributed by atoms with Crippen molar-refractivity contribution >= 4 is 16.5 Å². The number of aromatic nitrogens is 3. The zero-order valence-corrected chi connectivity index (χ0v) is 23.7. The summed E-state index contributed by atoms with van der Waals surface area (Å²) in [5, 5.41) is 8.54. The van der Waals surface area contributed by atoms with Crippen molar-refractivity contribution < 1.29 is 8.78 Å². The predicted octanol–water partition coefficient (Wildman–Crippen LogP) is 8.60. The third-order valence-electron chi connectivity index (χ3n) is 7.71. The van der Waals surface area contributed by atoms with Crippen LogP contribution in [-0.4, -0.2) is 21.3 Å². The molecule has 0 aliphatic carbocycles. The maximum Gasteiger partial charge on any atom is 0.127 e. The van der Waals surface area contributed by atoms with Crippen LogP contribution in [0, 0.1) is 18.6 Å². The summed E-state index contributed by atoms with van der Waals surface area (Å²) in [6.07, 6.45) is 8.69. The average molecular weight is 551 g/mol. The van der Waals surface area contributed by atoms with E-state index in [4.69, 9.17) is 0 Å². The Bertz CT molecular complexity index is 1690. The molecule has 5 rings (SSSR count). The first-order valence-corrected chi connectivity index (χ1v) is 14.1. The van der Waals surface area contributed by atoms with Crippen LogP contribution >= 0.6 is 0 Å². The second-order valence-corrected chi connectivity index (χ2v) is 10.6. The number of nitrogens with one attached hydrogen (secondary N) is 2. The fourth-order valence-electron chi connectivity index (χ4n) is 5.52. The van der Waals surface area contributed by atoms with Gasteiger partial charge in [0.05, 0.1) is 11.9 Å². The normalized spacial score (nSPS) is 12.0. The topological polar surface area (TPSA) is 45.6 Å². The molecule has 0 saturated carbocycles. The Kier molecular flexibility index (Phi) is 8.48. The third kappa shape index (κ3) is 6.17. The molecule has 0 saturated heterocycles. The molecule has 0 amide bonds.